The Morgan fingerprint density at radius 1 is 1.09 bits per heavy atom. The number of thiocarbonyl (C=S) groups is 1. The van der Waals surface area contributed by atoms with E-state index in [9.17, 15) is 4.79 Å². The van der Waals surface area contributed by atoms with Gasteiger partial charge in [-0.25, -0.2) is 0 Å². The van der Waals surface area contributed by atoms with Crippen molar-refractivity contribution >= 4 is 51.7 Å². The van der Waals surface area contributed by atoms with Crippen LogP contribution in [0.4, 0.5) is 5.69 Å². The number of methoxy groups -OCH3 is 1. The van der Waals surface area contributed by atoms with Gasteiger partial charge in [-0.1, -0.05) is 12.1 Å². The van der Waals surface area contributed by atoms with Gasteiger partial charge in [0.2, 0.25) is 0 Å². The predicted octanol–water partition coefficient (Wildman–Crippen LogP) is 5.49. The SMILES string of the molecule is COc1cccc2cc(C(=O)N3CCC4(CC3)CCN(C(=S)Nc3ccc(SC)cc3)C4)oc12. The average molecular weight is 496 g/mol. The fourth-order valence-corrected chi connectivity index (χ4v) is 5.72. The molecule has 0 bridgehead atoms. The molecule has 2 saturated heterocycles. The summed E-state index contributed by atoms with van der Waals surface area (Å²) in [4.78, 5) is 18.6. The van der Waals surface area contributed by atoms with Gasteiger partial charge in [-0.2, -0.15) is 0 Å². The van der Waals surface area contributed by atoms with Crippen LogP contribution in [0.5, 0.6) is 5.75 Å². The van der Waals surface area contributed by atoms with Crippen LogP contribution in [0.3, 0.4) is 0 Å². The average Bonchev–Trinajstić information content (AvgIpc) is 3.49. The molecule has 1 N–H and O–H groups in total. The van der Waals surface area contributed by atoms with Crippen molar-refractivity contribution in [3.63, 3.8) is 0 Å². The van der Waals surface area contributed by atoms with Crippen molar-refractivity contribution in [1.29, 1.82) is 0 Å². The van der Waals surface area contributed by atoms with Gasteiger partial charge in [-0.15, -0.1) is 11.8 Å². The Morgan fingerprint density at radius 2 is 1.79 bits per heavy atom. The van der Waals surface area contributed by atoms with Crippen molar-refractivity contribution in [2.24, 2.45) is 5.41 Å². The number of fused-ring (bicyclic) bond motifs is 1. The first kappa shape index (κ1) is 23.1. The van der Waals surface area contributed by atoms with E-state index in [1.54, 1.807) is 18.9 Å². The zero-order valence-corrected chi connectivity index (χ0v) is 21.1. The van der Waals surface area contributed by atoms with Crippen molar-refractivity contribution in [3.05, 3.63) is 54.3 Å². The number of carbonyl (C=O) groups is 1. The Bertz CT molecular complexity index is 1200. The number of hydrogen-bond acceptors (Lipinski definition) is 5. The van der Waals surface area contributed by atoms with Crippen molar-refractivity contribution in [2.75, 3.05) is 44.9 Å². The molecule has 2 fully saturated rings. The molecule has 178 valence electrons. The fraction of sp³-hybridized carbons (Fsp3) is 0.385. The topological polar surface area (TPSA) is 58.0 Å². The van der Waals surface area contributed by atoms with Crippen LogP contribution in [0.25, 0.3) is 11.0 Å². The number of likely N-dealkylation sites (tertiary alicyclic amines) is 2. The van der Waals surface area contributed by atoms with E-state index < -0.39 is 0 Å². The molecule has 2 aliphatic heterocycles. The lowest BCUT2D eigenvalue weighted by molar-refractivity contribution is 0.0571. The third kappa shape index (κ3) is 4.49. The van der Waals surface area contributed by atoms with E-state index in [0.29, 0.717) is 17.1 Å². The molecule has 0 aliphatic carbocycles. The van der Waals surface area contributed by atoms with Crippen LogP contribution in [0.15, 0.2) is 57.8 Å². The van der Waals surface area contributed by atoms with E-state index >= 15 is 0 Å². The second-order valence-corrected chi connectivity index (χ2v) is 10.4. The van der Waals surface area contributed by atoms with E-state index in [1.807, 2.05) is 29.2 Å². The molecular formula is C26H29N3O3S2. The van der Waals surface area contributed by atoms with E-state index in [4.69, 9.17) is 21.4 Å². The minimum absolute atomic E-state index is 0.0474. The van der Waals surface area contributed by atoms with Crippen LogP contribution in [0.1, 0.15) is 29.8 Å². The largest absolute Gasteiger partial charge is 0.493 e. The molecule has 0 unspecified atom stereocenters. The van der Waals surface area contributed by atoms with Gasteiger partial charge in [0.25, 0.3) is 5.91 Å². The molecule has 3 aromatic rings. The maximum Gasteiger partial charge on any atom is 0.289 e. The van der Waals surface area contributed by atoms with Gasteiger partial charge in [-0.05, 0) is 79.5 Å². The number of anilines is 1. The summed E-state index contributed by atoms with van der Waals surface area (Å²) in [5.41, 5.74) is 1.85. The highest BCUT2D eigenvalue weighted by molar-refractivity contribution is 7.98. The van der Waals surface area contributed by atoms with Crippen molar-refractivity contribution < 1.29 is 13.9 Å². The van der Waals surface area contributed by atoms with Crippen LogP contribution in [0.2, 0.25) is 0 Å². The first-order valence-corrected chi connectivity index (χ1v) is 13.2. The first-order valence-electron chi connectivity index (χ1n) is 11.6. The van der Waals surface area contributed by atoms with Gasteiger partial charge in [-0.3, -0.25) is 4.79 Å². The summed E-state index contributed by atoms with van der Waals surface area (Å²) < 4.78 is 11.3. The molecule has 0 radical (unpaired) electrons. The number of ether oxygens (including phenoxy) is 1. The first-order chi connectivity index (χ1) is 16.5. The molecule has 0 saturated carbocycles. The van der Waals surface area contributed by atoms with Crippen LogP contribution >= 0.6 is 24.0 Å². The maximum absolute atomic E-state index is 13.1. The van der Waals surface area contributed by atoms with Crippen LogP contribution in [0, 0.1) is 5.41 Å². The summed E-state index contributed by atoms with van der Waals surface area (Å²) in [5, 5.41) is 5.05. The van der Waals surface area contributed by atoms with Gasteiger partial charge in [0.15, 0.2) is 22.2 Å². The highest BCUT2D eigenvalue weighted by atomic mass is 32.2. The zero-order chi connectivity index (χ0) is 23.7. The molecule has 5 rings (SSSR count). The number of thioether (sulfide) groups is 1. The van der Waals surface area contributed by atoms with Gasteiger partial charge >= 0.3 is 0 Å². The third-order valence-corrected chi connectivity index (χ3v) is 8.22. The van der Waals surface area contributed by atoms with E-state index in [2.05, 4.69) is 40.7 Å². The molecule has 3 heterocycles. The van der Waals surface area contributed by atoms with Gasteiger partial charge in [0.1, 0.15) is 0 Å². The molecule has 1 spiro atoms. The number of furan rings is 1. The second-order valence-electron chi connectivity index (χ2n) is 9.11. The number of carbonyl (C=O) groups excluding carboxylic acids is 1. The number of rotatable bonds is 4. The Morgan fingerprint density at radius 3 is 2.47 bits per heavy atom. The Labute approximate surface area is 209 Å². The summed E-state index contributed by atoms with van der Waals surface area (Å²) in [6, 6.07) is 15.8. The quantitative estimate of drug-likeness (QED) is 0.379. The van der Waals surface area contributed by atoms with E-state index in [1.165, 1.54) is 4.90 Å². The number of amides is 1. The molecule has 2 aliphatic rings. The summed E-state index contributed by atoms with van der Waals surface area (Å²) >= 11 is 7.44. The van der Waals surface area contributed by atoms with Crippen LogP contribution in [-0.2, 0) is 0 Å². The second kappa shape index (κ2) is 9.50. The smallest absolute Gasteiger partial charge is 0.289 e. The maximum atomic E-state index is 13.1. The Kier molecular flexibility index (Phi) is 6.44. The number of hydrogen-bond donors (Lipinski definition) is 1. The van der Waals surface area contributed by atoms with E-state index in [-0.39, 0.29) is 11.3 Å². The van der Waals surface area contributed by atoms with Crippen molar-refractivity contribution in [2.45, 2.75) is 24.2 Å². The van der Waals surface area contributed by atoms with Gasteiger partial charge in [0.05, 0.1) is 7.11 Å². The highest BCUT2D eigenvalue weighted by Crippen LogP contribution is 2.41. The van der Waals surface area contributed by atoms with Crippen LogP contribution < -0.4 is 10.1 Å². The minimum atomic E-state index is -0.0474. The number of piperidine rings is 1. The van der Waals surface area contributed by atoms with Gasteiger partial charge < -0.3 is 24.3 Å². The Balaban J connectivity index is 1.18. The number of benzene rings is 2. The normalized spacial score (nSPS) is 17.4. The monoisotopic (exact) mass is 495 g/mol. The summed E-state index contributed by atoms with van der Waals surface area (Å²) in [6.07, 6.45) is 5.13. The minimum Gasteiger partial charge on any atom is -0.493 e. The van der Waals surface area contributed by atoms with Crippen LogP contribution in [-0.4, -0.2) is 60.4 Å². The fourth-order valence-electron chi connectivity index (χ4n) is 5.04. The molecule has 34 heavy (non-hydrogen) atoms. The predicted molar refractivity (Wildman–Crippen MR) is 141 cm³/mol. The number of para-hydroxylation sites is 1. The molecule has 0 atom stereocenters. The van der Waals surface area contributed by atoms with Gasteiger partial charge in [0, 0.05) is 42.1 Å². The molecule has 2 aromatic carbocycles. The Hall–Kier alpha value is -2.71. The number of nitrogens with zero attached hydrogens (tertiary/aromatic N) is 2. The van der Waals surface area contributed by atoms with Crippen molar-refractivity contribution in [1.82, 2.24) is 9.80 Å². The lowest BCUT2D eigenvalue weighted by atomic mass is 9.78. The molecule has 6 nitrogen and oxygen atoms in total. The molecule has 1 amide bonds. The standard InChI is InChI=1S/C26H29N3O3S2/c1-31-21-5-3-4-18-16-22(32-23(18)21)24(30)28-13-10-26(11-14-28)12-15-29(17-26)25(33)27-19-6-8-20(34-2)9-7-19/h3-9,16H,10-15,17H2,1-2H3,(H,27,33). The zero-order valence-electron chi connectivity index (χ0n) is 19.5. The summed E-state index contributed by atoms with van der Waals surface area (Å²) in [7, 11) is 1.61. The molecule has 1 aromatic heterocycles. The molecular weight excluding hydrogens is 466 g/mol. The lowest BCUT2D eigenvalue weighted by Gasteiger charge is -2.39. The lowest BCUT2D eigenvalue weighted by Crippen LogP contribution is -2.45. The number of nitrogens with one attached hydrogen (secondary N) is 1. The molecule has 8 heteroatoms. The van der Waals surface area contributed by atoms with E-state index in [0.717, 1.165) is 61.6 Å². The highest BCUT2D eigenvalue weighted by Gasteiger charge is 2.42. The summed E-state index contributed by atoms with van der Waals surface area (Å²) in [5.74, 6) is 0.972. The van der Waals surface area contributed by atoms with Crippen molar-refractivity contribution in [3.8, 4) is 5.75 Å². The summed E-state index contributed by atoms with van der Waals surface area (Å²) in [6.45, 7) is 3.35. The third-order valence-electron chi connectivity index (χ3n) is 7.12.